The lowest BCUT2D eigenvalue weighted by atomic mass is 10.1. The van der Waals surface area contributed by atoms with Crippen molar-refractivity contribution in [3.05, 3.63) is 48.0 Å². The number of carbonyl (C=O) groups is 2. The van der Waals surface area contributed by atoms with Gasteiger partial charge in [0.05, 0.1) is 20.1 Å². The fourth-order valence-electron chi connectivity index (χ4n) is 3.27. The van der Waals surface area contributed by atoms with E-state index in [9.17, 15) is 22.8 Å². The number of benzene rings is 2. The van der Waals surface area contributed by atoms with E-state index in [0.29, 0.717) is 22.7 Å². The Balaban J connectivity index is 1.58. The van der Waals surface area contributed by atoms with E-state index in [4.69, 9.17) is 9.47 Å². The van der Waals surface area contributed by atoms with Crippen LogP contribution in [-0.4, -0.2) is 38.9 Å². The average molecular weight is 438 g/mol. The lowest BCUT2D eigenvalue weighted by Crippen LogP contribution is -2.32. The molecular weight excluding hydrogens is 417 g/mol. The van der Waals surface area contributed by atoms with E-state index < -0.39 is 12.3 Å². The van der Waals surface area contributed by atoms with Crippen molar-refractivity contribution in [2.24, 2.45) is 5.92 Å². The van der Waals surface area contributed by atoms with Crippen molar-refractivity contribution < 1.29 is 37.0 Å². The Morgan fingerprint density at radius 2 is 1.77 bits per heavy atom. The van der Waals surface area contributed by atoms with Crippen LogP contribution in [0.5, 0.6) is 17.2 Å². The number of alkyl halides is 3. The summed E-state index contributed by atoms with van der Waals surface area (Å²) in [5, 5.41) is 2.72. The number of anilines is 1. The van der Waals surface area contributed by atoms with Gasteiger partial charge in [-0.3, -0.25) is 9.59 Å². The molecule has 0 bridgehead atoms. The number of rotatable bonds is 7. The fraction of sp³-hybridized carbons (Fsp3) is 0.333. The molecule has 2 aromatic rings. The quantitative estimate of drug-likeness (QED) is 0.718. The Kier molecular flexibility index (Phi) is 6.57. The van der Waals surface area contributed by atoms with Crippen molar-refractivity contribution >= 4 is 17.5 Å². The van der Waals surface area contributed by atoms with Gasteiger partial charge < -0.3 is 24.4 Å². The minimum absolute atomic E-state index is 0.0541. The molecule has 31 heavy (non-hydrogen) atoms. The first-order valence-electron chi connectivity index (χ1n) is 9.35. The molecule has 7 nitrogen and oxygen atoms in total. The molecule has 0 radical (unpaired) electrons. The first-order valence-corrected chi connectivity index (χ1v) is 9.35. The summed E-state index contributed by atoms with van der Waals surface area (Å²) in [6.45, 7) is 0.324. The summed E-state index contributed by atoms with van der Waals surface area (Å²) in [5.74, 6) is -0.395. The molecule has 1 aliphatic rings. The molecule has 10 heteroatoms. The first-order chi connectivity index (χ1) is 14.7. The summed E-state index contributed by atoms with van der Waals surface area (Å²) in [7, 11) is 3.00. The Morgan fingerprint density at radius 3 is 2.39 bits per heavy atom. The minimum atomic E-state index is -4.76. The van der Waals surface area contributed by atoms with Crippen LogP contribution in [-0.2, 0) is 16.1 Å². The number of nitrogens with one attached hydrogen (secondary N) is 1. The average Bonchev–Trinajstić information content (AvgIpc) is 3.13. The van der Waals surface area contributed by atoms with Crippen molar-refractivity contribution in [1.29, 1.82) is 0 Å². The van der Waals surface area contributed by atoms with Crippen LogP contribution in [0.15, 0.2) is 42.5 Å². The highest BCUT2D eigenvalue weighted by Crippen LogP contribution is 2.34. The molecule has 2 aromatic carbocycles. The van der Waals surface area contributed by atoms with Crippen LogP contribution in [0, 0.1) is 5.92 Å². The van der Waals surface area contributed by atoms with E-state index in [0.717, 1.165) is 0 Å². The standard InChI is InChI=1S/C21H21F3N2O5/c1-29-17-8-5-15(10-18(17)30-2)26-12-14(9-19(26)27)20(28)25-11-13-3-6-16(7-4-13)31-21(22,23)24/h3-8,10,14H,9,11-12H2,1-2H3,(H,25,28). The molecule has 1 fully saturated rings. The highest BCUT2D eigenvalue weighted by atomic mass is 19.4. The zero-order valence-electron chi connectivity index (χ0n) is 16.9. The lowest BCUT2D eigenvalue weighted by Gasteiger charge is -2.18. The van der Waals surface area contributed by atoms with E-state index in [2.05, 4.69) is 10.1 Å². The predicted octanol–water partition coefficient (Wildman–Crippen LogP) is 3.27. The molecule has 2 amide bonds. The van der Waals surface area contributed by atoms with Crippen molar-refractivity contribution in [2.75, 3.05) is 25.7 Å². The second-order valence-electron chi connectivity index (χ2n) is 6.85. The van der Waals surface area contributed by atoms with Crippen molar-refractivity contribution in [3.63, 3.8) is 0 Å². The minimum Gasteiger partial charge on any atom is -0.493 e. The van der Waals surface area contributed by atoms with Gasteiger partial charge in [-0.05, 0) is 29.8 Å². The maximum atomic E-state index is 12.5. The predicted molar refractivity (Wildman–Crippen MR) is 105 cm³/mol. The Labute approximate surface area is 176 Å². The summed E-state index contributed by atoms with van der Waals surface area (Å²) in [6, 6.07) is 10.3. The molecular formula is C21H21F3N2O5. The third kappa shape index (κ3) is 5.59. The van der Waals surface area contributed by atoms with Gasteiger partial charge in [-0.15, -0.1) is 13.2 Å². The second kappa shape index (κ2) is 9.15. The molecule has 1 saturated heterocycles. The van der Waals surface area contributed by atoms with Crippen molar-refractivity contribution in [3.8, 4) is 17.2 Å². The number of hydrogen-bond acceptors (Lipinski definition) is 5. The number of amides is 2. The smallest absolute Gasteiger partial charge is 0.493 e. The van der Waals surface area contributed by atoms with Gasteiger partial charge in [-0.2, -0.15) is 0 Å². The fourth-order valence-corrected chi connectivity index (χ4v) is 3.27. The van der Waals surface area contributed by atoms with Gasteiger partial charge in [0, 0.05) is 31.3 Å². The summed E-state index contributed by atoms with van der Waals surface area (Å²) in [4.78, 5) is 26.5. The van der Waals surface area contributed by atoms with Gasteiger partial charge in [-0.25, -0.2) is 0 Å². The molecule has 3 rings (SSSR count). The van der Waals surface area contributed by atoms with Crippen LogP contribution in [0.2, 0.25) is 0 Å². The van der Waals surface area contributed by atoms with E-state index in [-0.39, 0.29) is 37.1 Å². The van der Waals surface area contributed by atoms with Crippen LogP contribution < -0.4 is 24.4 Å². The van der Waals surface area contributed by atoms with E-state index in [1.807, 2.05) is 0 Å². The van der Waals surface area contributed by atoms with Gasteiger partial charge >= 0.3 is 6.36 Å². The Bertz CT molecular complexity index is 947. The Morgan fingerprint density at radius 1 is 1.10 bits per heavy atom. The number of carbonyl (C=O) groups excluding carboxylic acids is 2. The summed E-state index contributed by atoms with van der Waals surface area (Å²) < 4.78 is 50.9. The van der Waals surface area contributed by atoms with Gasteiger partial charge in [-0.1, -0.05) is 12.1 Å². The zero-order valence-corrected chi connectivity index (χ0v) is 16.9. The van der Waals surface area contributed by atoms with Gasteiger partial charge in [0.25, 0.3) is 0 Å². The molecule has 0 aromatic heterocycles. The summed E-state index contributed by atoms with van der Waals surface area (Å²) in [6.07, 6.45) is -4.71. The first kappa shape index (κ1) is 22.3. The van der Waals surface area contributed by atoms with Gasteiger partial charge in [0.1, 0.15) is 5.75 Å². The summed E-state index contributed by atoms with van der Waals surface area (Å²) in [5.41, 5.74) is 1.20. The maximum absolute atomic E-state index is 12.5. The van der Waals surface area contributed by atoms with E-state index >= 15 is 0 Å². The maximum Gasteiger partial charge on any atom is 0.573 e. The van der Waals surface area contributed by atoms with Crippen molar-refractivity contribution in [2.45, 2.75) is 19.3 Å². The third-order valence-corrected chi connectivity index (χ3v) is 4.80. The van der Waals surface area contributed by atoms with Crippen LogP contribution >= 0.6 is 0 Å². The molecule has 0 aliphatic carbocycles. The third-order valence-electron chi connectivity index (χ3n) is 4.80. The molecule has 1 aliphatic heterocycles. The molecule has 166 valence electrons. The number of hydrogen-bond donors (Lipinski definition) is 1. The summed E-state index contributed by atoms with van der Waals surface area (Å²) >= 11 is 0. The topological polar surface area (TPSA) is 77.1 Å². The Hall–Kier alpha value is -3.43. The molecule has 1 heterocycles. The SMILES string of the molecule is COc1ccc(N2CC(C(=O)NCc3ccc(OC(F)(F)F)cc3)CC2=O)cc1OC. The number of ether oxygens (including phenoxy) is 3. The van der Waals surface area contributed by atoms with Crippen molar-refractivity contribution in [1.82, 2.24) is 5.32 Å². The molecule has 1 unspecified atom stereocenters. The lowest BCUT2D eigenvalue weighted by molar-refractivity contribution is -0.274. The van der Waals surface area contributed by atoms with Gasteiger partial charge in [0.2, 0.25) is 11.8 Å². The number of methoxy groups -OCH3 is 2. The van der Waals surface area contributed by atoms with E-state index in [1.54, 1.807) is 18.2 Å². The number of nitrogens with zero attached hydrogens (tertiary/aromatic N) is 1. The molecule has 0 saturated carbocycles. The highest BCUT2D eigenvalue weighted by molar-refractivity contribution is 6.00. The number of halogens is 3. The zero-order chi connectivity index (χ0) is 22.6. The largest absolute Gasteiger partial charge is 0.573 e. The molecule has 1 atom stereocenters. The van der Waals surface area contributed by atoms with E-state index in [1.165, 1.54) is 43.4 Å². The molecule has 1 N–H and O–H groups in total. The second-order valence-corrected chi connectivity index (χ2v) is 6.85. The molecule has 0 spiro atoms. The van der Waals surface area contributed by atoms with Crippen LogP contribution in [0.1, 0.15) is 12.0 Å². The van der Waals surface area contributed by atoms with Crippen LogP contribution in [0.3, 0.4) is 0 Å². The monoisotopic (exact) mass is 438 g/mol. The van der Waals surface area contributed by atoms with Gasteiger partial charge in [0.15, 0.2) is 11.5 Å². The highest BCUT2D eigenvalue weighted by Gasteiger charge is 2.35. The van der Waals surface area contributed by atoms with Crippen LogP contribution in [0.25, 0.3) is 0 Å². The normalized spacial score (nSPS) is 16.2. The van der Waals surface area contributed by atoms with Crippen LogP contribution in [0.4, 0.5) is 18.9 Å².